The summed E-state index contributed by atoms with van der Waals surface area (Å²) in [5.74, 6) is -3.33. The number of ether oxygens (including phenoxy) is 5. The predicted octanol–water partition coefficient (Wildman–Crippen LogP) is 3.29. The summed E-state index contributed by atoms with van der Waals surface area (Å²) in [6.07, 6.45) is -0.270. The standard InChI is InChI=1S/C27H42O10/c1-15(2)8-22(29)33-12-19-13-34-26(37-24(31)10-17(5)6)25-20(19)11-21(36-18(7)28)27(25,32)14-35-23(30)9-16(3)4/h13,15-17,20-21,25-26,32H,8-12,14H2,1-7H3/t20-,21-,25-,26-,27-/m1/s1. The van der Waals surface area contributed by atoms with Gasteiger partial charge in [0.25, 0.3) is 0 Å². The summed E-state index contributed by atoms with van der Waals surface area (Å²) in [6.45, 7) is 11.9. The zero-order valence-electron chi connectivity index (χ0n) is 23.0. The summed E-state index contributed by atoms with van der Waals surface area (Å²) in [5.41, 5.74) is -1.37. The van der Waals surface area contributed by atoms with Crippen LogP contribution >= 0.6 is 0 Å². The number of aliphatic hydroxyl groups is 1. The fourth-order valence-electron chi connectivity index (χ4n) is 4.72. The third-order valence-corrected chi connectivity index (χ3v) is 6.30. The molecule has 0 aromatic heterocycles. The molecule has 1 aliphatic heterocycles. The Morgan fingerprint density at radius 2 is 1.46 bits per heavy atom. The molecule has 0 unspecified atom stereocenters. The van der Waals surface area contributed by atoms with Crippen molar-refractivity contribution < 1.29 is 48.0 Å². The van der Waals surface area contributed by atoms with Crippen LogP contribution in [0, 0.1) is 29.6 Å². The maximum absolute atomic E-state index is 12.5. The zero-order valence-corrected chi connectivity index (χ0v) is 23.0. The summed E-state index contributed by atoms with van der Waals surface area (Å²) in [6, 6.07) is 0. The molecule has 0 spiro atoms. The van der Waals surface area contributed by atoms with Crippen molar-refractivity contribution in [1.82, 2.24) is 0 Å². The molecule has 1 saturated carbocycles. The number of rotatable bonds is 12. The van der Waals surface area contributed by atoms with Crippen LogP contribution in [0.5, 0.6) is 0 Å². The SMILES string of the molecule is CC(=O)O[C@@H]1C[C@@H]2C(COC(=O)CC(C)C)=CO[C@H](OC(=O)CC(C)C)[C@@H]2[C@@]1(O)COC(=O)CC(C)C. The first kappa shape index (κ1) is 30.6. The highest BCUT2D eigenvalue weighted by Gasteiger charge is 2.63. The van der Waals surface area contributed by atoms with Gasteiger partial charge in [-0.25, -0.2) is 0 Å². The lowest BCUT2D eigenvalue weighted by Gasteiger charge is -2.40. The molecule has 5 atom stereocenters. The number of hydrogen-bond acceptors (Lipinski definition) is 10. The molecule has 37 heavy (non-hydrogen) atoms. The summed E-state index contributed by atoms with van der Waals surface area (Å²) < 4.78 is 27.7. The fourth-order valence-corrected chi connectivity index (χ4v) is 4.72. The Hall–Kier alpha value is -2.62. The van der Waals surface area contributed by atoms with E-state index in [1.54, 1.807) is 0 Å². The van der Waals surface area contributed by atoms with Gasteiger partial charge >= 0.3 is 23.9 Å². The smallest absolute Gasteiger partial charge is 0.309 e. The van der Waals surface area contributed by atoms with E-state index in [9.17, 15) is 24.3 Å². The minimum atomic E-state index is -1.91. The van der Waals surface area contributed by atoms with Gasteiger partial charge in [0.05, 0.1) is 12.2 Å². The normalized spacial score (nSPS) is 26.8. The van der Waals surface area contributed by atoms with Gasteiger partial charge in [0.1, 0.15) is 24.9 Å². The molecule has 0 saturated heterocycles. The summed E-state index contributed by atoms with van der Waals surface area (Å²) in [4.78, 5) is 48.9. The predicted molar refractivity (Wildman–Crippen MR) is 131 cm³/mol. The minimum Gasteiger partial charge on any atom is -0.462 e. The van der Waals surface area contributed by atoms with E-state index in [0.717, 1.165) is 0 Å². The minimum absolute atomic E-state index is 0.0339. The van der Waals surface area contributed by atoms with Gasteiger partial charge in [0, 0.05) is 37.7 Å². The number of carbonyl (C=O) groups excluding carboxylic acids is 4. The van der Waals surface area contributed by atoms with Gasteiger partial charge in [-0.3, -0.25) is 19.2 Å². The Morgan fingerprint density at radius 1 is 0.919 bits per heavy atom. The highest BCUT2D eigenvalue weighted by molar-refractivity contribution is 5.71. The largest absolute Gasteiger partial charge is 0.462 e. The third-order valence-electron chi connectivity index (χ3n) is 6.30. The van der Waals surface area contributed by atoms with Crippen LogP contribution < -0.4 is 0 Å². The molecule has 0 bridgehead atoms. The molecule has 0 aromatic rings. The van der Waals surface area contributed by atoms with Crippen molar-refractivity contribution in [1.29, 1.82) is 0 Å². The molecular weight excluding hydrogens is 484 g/mol. The van der Waals surface area contributed by atoms with E-state index in [1.807, 2.05) is 41.5 Å². The second-order valence-electron chi connectivity index (χ2n) is 11.3. The molecule has 2 aliphatic rings. The van der Waals surface area contributed by atoms with E-state index in [-0.39, 0.29) is 56.0 Å². The number of hydrogen-bond donors (Lipinski definition) is 1. The van der Waals surface area contributed by atoms with Crippen LogP contribution in [-0.2, 0) is 42.9 Å². The molecule has 10 heteroatoms. The number of fused-ring (bicyclic) bond motifs is 1. The third kappa shape index (κ3) is 8.72. The molecule has 0 aromatic carbocycles. The van der Waals surface area contributed by atoms with E-state index < -0.39 is 54.3 Å². The van der Waals surface area contributed by atoms with Crippen molar-refractivity contribution in [3.8, 4) is 0 Å². The molecule has 10 nitrogen and oxygen atoms in total. The van der Waals surface area contributed by atoms with Crippen LogP contribution in [0.3, 0.4) is 0 Å². The van der Waals surface area contributed by atoms with Crippen LogP contribution in [0.4, 0.5) is 0 Å². The van der Waals surface area contributed by atoms with Crippen LogP contribution in [0.25, 0.3) is 0 Å². The average Bonchev–Trinajstić information content (AvgIpc) is 3.02. The van der Waals surface area contributed by atoms with Crippen LogP contribution in [0.15, 0.2) is 11.8 Å². The first-order chi connectivity index (χ1) is 17.2. The molecule has 1 aliphatic carbocycles. The lowest BCUT2D eigenvalue weighted by atomic mass is 9.80. The van der Waals surface area contributed by atoms with Crippen molar-refractivity contribution in [2.24, 2.45) is 29.6 Å². The molecule has 1 heterocycles. The molecule has 0 amide bonds. The average molecular weight is 527 g/mol. The Labute approximate surface area is 219 Å². The van der Waals surface area contributed by atoms with E-state index in [2.05, 4.69) is 0 Å². The highest BCUT2D eigenvalue weighted by atomic mass is 16.7. The lowest BCUT2D eigenvalue weighted by molar-refractivity contribution is -0.225. The van der Waals surface area contributed by atoms with Crippen molar-refractivity contribution in [3.63, 3.8) is 0 Å². The summed E-state index contributed by atoms with van der Waals surface area (Å²) in [7, 11) is 0. The molecule has 0 radical (unpaired) electrons. The number of esters is 4. The maximum Gasteiger partial charge on any atom is 0.309 e. The van der Waals surface area contributed by atoms with E-state index in [4.69, 9.17) is 23.7 Å². The van der Waals surface area contributed by atoms with Gasteiger partial charge in [-0.15, -0.1) is 0 Å². The summed E-state index contributed by atoms with van der Waals surface area (Å²) in [5, 5.41) is 11.9. The zero-order chi connectivity index (χ0) is 27.9. The summed E-state index contributed by atoms with van der Waals surface area (Å²) >= 11 is 0. The van der Waals surface area contributed by atoms with Crippen molar-refractivity contribution in [2.75, 3.05) is 13.2 Å². The van der Waals surface area contributed by atoms with Crippen LogP contribution in [0.1, 0.15) is 74.1 Å². The maximum atomic E-state index is 12.5. The van der Waals surface area contributed by atoms with Gasteiger partial charge in [-0.05, 0) is 24.2 Å². The van der Waals surface area contributed by atoms with E-state index in [1.165, 1.54) is 13.2 Å². The van der Waals surface area contributed by atoms with E-state index in [0.29, 0.717) is 5.57 Å². The topological polar surface area (TPSA) is 135 Å². The lowest BCUT2D eigenvalue weighted by Crippen LogP contribution is -2.55. The van der Waals surface area contributed by atoms with Crippen LogP contribution in [0.2, 0.25) is 0 Å². The van der Waals surface area contributed by atoms with Crippen molar-refractivity contribution in [2.45, 2.75) is 92.1 Å². The van der Waals surface area contributed by atoms with Gasteiger partial charge in [0.2, 0.25) is 6.29 Å². The van der Waals surface area contributed by atoms with Crippen molar-refractivity contribution >= 4 is 23.9 Å². The Bertz CT molecular complexity index is 861. The Kier molecular flexibility index (Phi) is 11.0. The second kappa shape index (κ2) is 13.3. The first-order valence-electron chi connectivity index (χ1n) is 13.0. The molecule has 1 N–H and O–H groups in total. The van der Waals surface area contributed by atoms with Gasteiger partial charge in [0.15, 0.2) is 0 Å². The monoisotopic (exact) mass is 526 g/mol. The highest BCUT2D eigenvalue weighted by Crippen LogP contribution is 2.50. The second-order valence-corrected chi connectivity index (χ2v) is 11.3. The van der Waals surface area contributed by atoms with Gasteiger partial charge in [-0.2, -0.15) is 0 Å². The number of carbonyl (C=O) groups is 4. The van der Waals surface area contributed by atoms with E-state index >= 15 is 0 Å². The first-order valence-corrected chi connectivity index (χ1v) is 13.0. The van der Waals surface area contributed by atoms with Gasteiger partial charge in [-0.1, -0.05) is 41.5 Å². The van der Waals surface area contributed by atoms with Crippen molar-refractivity contribution in [3.05, 3.63) is 11.8 Å². The molecule has 210 valence electrons. The molecule has 2 rings (SSSR count). The molecule has 1 fully saturated rings. The Morgan fingerprint density at radius 3 is 2.00 bits per heavy atom. The quantitative estimate of drug-likeness (QED) is 0.298. The van der Waals surface area contributed by atoms with Crippen LogP contribution in [-0.4, -0.2) is 60.2 Å². The van der Waals surface area contributed by atoms with Gasteiger partial charge < -0.3 is 28.8 Å². The fraction of sp³-hybridized carbons (Fsp3) is 0.778. The Balaban J connectivity index is 2.37. The molecular formula is C27H42O10.